The fourth-order valence-electron chi connectivity index (χ4n) is 1.89. The lowest BCUT2D eigenvalue weighted by atomic mass is 10.1. The van der Waals surface area contributed by atoms with Gasteiger partial charge in [0, 0.05) is 23.7 Å². The summed E-state index contributed by atoms with van der Waals surface area (Å²) in [4.78, 5) is 6.29. The molecule has 1 aromatic carbocycles. The lowest BCUT2D eigenvalue weighted by Gasteiger charge is -2.21. The first-order valence-corrected chi connectivity index (χ1v) is 6.73. The Bertz CT molecular complexity index is 580. The number of nitrogens with two attached hydrogens (primary N) is 1. The van der Waals surface area contributed by atoms with E-state index in [1.165, 1.54) is 0 Å². The molecule has 0 saturated carbocycles. The summed E-state index contributed by atoms with van der Waals surface area (Å²) in [7, 11) is 1.96. The Hall–Kier alpha value is -2.08. The molecule has 0 aliphatic carbocycles. The van der Waals surface area contributed by atoms with Crippen LogP contribution in [-0.4, -0.2) is 23.1 Å². The molecule has 5 nitrogen and oxygen atoms in total. The second-order valence-corrected chi connectivity index (χ2v) is 5.06. The predicted octanol–water partition coefficient (Wildman–Crippen LogP) is 2.18. The van der Waals surface area contributed by atoms with Crippen LogP contribution >= 0.6 is 11.3 Å². The van der Waals surface area contributed by atoms with Gasteiger partial charge >= 0.3 is 0 Å². The molecular formula is C13H16N4OS. The molecule has 0 radical (unpaired) electrons. The Balaban J connectivity index is 2.33. The van der Waals surface area contributed by atoms with Crippen molar-refractivity contribution in [2.75, 3.05) is 11.9 Å². The molecule has 0 fully saturated rings. The van der Waals surface area contributed by atoms with Crippen LogP contribution in [0.2, 0.25) is 0 Å². The van der Waals surface area contributed by atoms with Gasteiger partial charge in [-0.05, 0) is 19.1 Å². The van der Waals surface area contributed by atoms with Gasteiger partial charge in [0.2, 0.25) is 0 Å². The summed E-state index contributed by atoms with van der Waals surface area (Å²) in [5, 5.41) is 14.0. The van der Waals surface area contributed by atoms with E-state index in [0.717, 1.165) is 22.5 Å². The van der Waals surface area contributed by atoms with Gasteiger partial charge in [0.05, 0.1) is 17.7 Å². The van der Waals surface area contributed by atoms with Crippen LogP contribution in [0.15, 0.2) is 34.2 Å². The van der Waals surface area contributed by atoms with E-state index in [4.69, 9.17) is 10.9 Å². The molecule has 1 aromatic heterocycles. The molecule has 6 heteroatoms. The number of hydrogen-bond donors (Lipinski definition) is 2. The van der Waals surface area contributed by atoms with E-state index in [-0.39, 0.29) is 5.84 Å². The van der Waals surface area contributed by atoms with Gasteiger partial charge in [-0.1, -0.05) is 16.8 Å². The number of hydrogen-bond acceptors (Lipinski definition) is 5. The Labute approximate surface area is 116 Å². The minimum Gasteiger partial charge on any atom is -0.409 e. The van der Waals surface area contributed by atoms with E-state index in [2.05, 4.69) is 10.1 Å². The topological polar surface area (TPSA) is 74.7 Å². The van der Waals surface area contributed by atoms with Crippen molar-refractivity contribution in [2.24, 2.45) is 10.9 Å². The number of anilines is 1. The first kappa shape index (κ1) is 13.4. The normalized spacial score (nSPS) is 11.6. The number of aromatic nitrogens is 1. The quantitative estimate of drug-likeness (QED) is 0.388. The number of nitrogens with zero attached hydrogens (tertiary/aromatic N) is 3. The Morgan fingerprint density at radius 1 is 1.53 bits per heavy atom. The third-order valence-electron chi connectivity index (χ3n) is 2.83. The average Bonchev–Trinajstić information content (AvgIpc) is 2.90. The Kier molecular flexibility index (Phi) is 4.01. The van der Waals surface area contributed by atoms with Gasteiger partial charge < -0.3 is 15.8 Å². The zero-order chi connectivity index (χ0) is 13.8. The highest BCUT2D eigenvalue weighted by Gasteiger charge is 2.12. The fourth-order valence-corrected chi connectivity index (χ4v) is 2.44. The molecule has 1 heterocycles. The van der Waals surface area contributed by atoms with Crippen molar-refractivity contribution in [3.05, 3.63) is 45.9 Å². The minimum atomic E-state index is 0.115. The van der Waals surface area contributed by atoms with Crippen LogP contribution in [0.1, 0.15) is 16.8 Å². The van der Waals surface area contributed by atoms with Gasteiger partial charge in [-0.15, -0.1) is 11.3 Å². The number of benzene rings is 1. The summed E-state index contributed by atoms with van der Waals surface area (Å²) in [6.45, 7) is 2.65. The van der Waals surface area contributed by atoms with Crippen molar-refractivity contribution in [3.63, 3.8) is 0 Å². The SMILES string of the molecule is Cc1ccc(N(C)Cc2cscn2)c(/C(N)=N/O)c1. The van der Waals surface area contributed by atoms with E-state index < -0.39 is 0 Å². The van der Waals surface area contributed by atoms with Crippen LogP contribution in [0.5, 0.6) is 0 Å². The zero-order valence-electron chi connectivity index (χ0n) is 10.9. The third kappa shape index (κ3) is 3.03. The van der Waals surface area contributed by atoms with E-state index in [1.54, 1.807) is 11.3 Å². The molecule has 100 valence electrons. The third-order valence-corrected chi connectivity index (χ3v) is 3.46. The number of aryl methyl sites for hydroxylation is 1. The molecule has 0 aliphatic rings. The lowest BCUT2D eigenvalue weighted by Crippen LogP contribution is -2.22. The highest BCUT2D eigenvalue weighted by atomic mass is 32.1. The van der Waals surface area contributed by atoms with Crippen LogP contribution in [0.3, 0.4) is 0 Å². The monoisotopic (exact) mass is 276 g/mol. The largest absolute Gasteiger partial charge is 0.409 e. The van der Waals surface area contributed by atoms with Crippen LogP contribution < -0.4 is 10.6 Å². The molecule has 0 amide bonds. The van der Waals surface area contributed by atoms with Crippen LogP contribution in [0.25, 0.3) is 0 Å². The number of rotatable bonds is 4. The van der Waals surface area contributed by atoms with Crippen molar-refractivity contribution in [1.29, 1.82) is 0 Å². The predicted molar refractivity (Wildman–Crippen MR) is 77.9 cm³/mol. The Morgan fingerprint density at radius 3 is 2.95 bits per heavy atom. The average molecular weight is 276 g/mol. The summed E-state index contributed by atoms with van der Waals surface area (Å²) in [5.74, 6) is 0.115. The second-order valence-electron chi connectivity index (χ2n) is 4.34. The first-order valence-electron chi connectivity index (χ1n) is 5.78. The maximum Gasteiger partial charge on any atom is 0.172 e. The summed E-state index contributed by atoms with van der Waals surface area (Å²) in [5.41, 5.74) is 11.2. The van der Waals surface area contributed by atoms with Gasteiger partial charge in [-0.3, -0.25) is 0 Å². The van der Waals surface area contributed by atoms with Crippen molar-refractivity contribution in [2.45, 2.75) is 13.5 Å². The lowest BCUT2D eigenvalue weighted by molar-refractivity contribution is 0.318. The smallest absolute Gasteiger partial charge is 0.172 e. The highest BCUT2D eigenvalue weighted by molar-refractivity contribution is 7.07. The first-order chi connectivity index (χ1) is 9.11. The minimum absolute atomic E-state index is 0.115. The molecule has 0 bridgehead atoms. The van der Waals surface area contributed by atoms with E-state index in [0.29, 0.717) is 6.54 Å². The van der Waals surface area contributed by atoms with Crippen LogP contribution in [0, 0.1) is 6.92 Å². The van der Waals surface area contributed by atoms with E-state index in [9.17, 15) is 0 Å². The molecular weight excluding hydrogens is 260 g/mol. The van der Waals surface area contributed by atoms with Crippen LogP contribution in [0.4, 0.5) is 5.69 Å². The summed E-state index contributed by atoms with van der Waals surface area (Å²) in [6.07, 6.45) is 0. The fraction of sp³-hybridized carbons (Fsp3) is 0.231. The maximum atomic E-state index is 8.88. The maximum absolute atomic E-state index is 8.88. The van der Waals surface area contributed by atoms with E-state index in [1.807, 2.05) is 48.0 Å². The number of oxime groups is 1. The summed E-state index contributed by atoms with van der Waals surface area (Å²) in [6, 6.07) is 5.87. The highest BCUT2D eigenvalue weighted by Crippen LogP contribution is 2.22. The molecule has 0 saturated heterocycles. The summed E-state index contributed by atoms with van der Waals surface area (Å²) >= 11 is 1.57. The van der Waals surface area contributed by atoms with Gasteiger partial charge in [0.25, 0.3) is 0 Å². The second kappa shape index (κ2) is 5.71. The van der Waals surface area contributed by atoms with Crippen molar-refractivity contribution in [1.82, 2.24) is 4.98 Å². The van der Waals surface area contributed by atoms with Gasteiger partial charge in [-0.25, -0.2) is 4.98 Å². The van der Waals surface area contributed by atoms with Crippen molar-refractivity contribution in [3.8, 4) is 0 Å². The molecule has 0 aliphatic heterocycles. The van der Waals surface area contributed by atoms with Gasteiger partial charge in [0.15, 0.2) is 5.84 Å². The molecule has 19 heavy (non-hydrogen) atoms. The molecule has 2 rings (SSSR count). The molecule has 0 unspecified atom stereocenters. The molecule has 0 spiro atoms. The number of thiazole rings is 1. The molecule has 3 N–H and O–H groups in total. The zero-order valence-corrected chi connectivity index (χ0v) is 11.7. The van der Waals surface area contributed by atoms with E-state index >= 15 is 0 Å². The number of amidine groups is 1. The Morgan fingerprint density at radius 2 is 2.32 bits per heavy atom. The van der Waals surface area contributed by atoms with Crippen LogP contribution in [-0.2, 0) is 6.54 Å². The van der Waals surface area contributed by atoms with Crippen molar-refractivity contribution >= 4 is 22.9 Å². The summed E-state index contributed by atoms with van der Waals surface area (Å²) < 4.78 is 0. The van der Waals surface area contributed by atoms with Crippen molar-refractivity contribution < 1.29 is 5.21 Å². The standard InChI is InChI=1S/C13H16N4OS/c1-9-3-4-12(11(5-9)13(14)16-18)17(2)6-10-7-19-8-15-10/h3-5,7-8,18H,6H2,1-2H3,(H2,14,16). The van der Waals surface area contributed by atoms with Gasteiger partial charge in [-0.2, -0.15) is 0 Å². The molecule has 0 atom stereocenters. The molecule has 2 aromatic rings. The van der Waals surface area contributed by atoms with Gasteiger partial charge in [0.1, 0.15) is 0 Å².